The third-order valence-electron chi connectivity index (χ3n) is 3.25. The predicted octanol–water partition coefficient (Wildman–Crippen LogP) is 4.39. The van der Waals surface area contributed by atoms with Crippen molar-refractivity contribution in [2.45, 2.75) is 6.92 Å². The van der Waals surface area contributed by atoms with Crippen molar-refractivity contribution >= 4 is 51.6 Å². The van der Waals surface area contributed by atoms with Crippen molar-refractivity contribution in [3.8, 4) is 0 Å². The molecule has 0 aliphatic rings. The topological polar surface area (TPSA) is 78.9 Å². The highest BCUT2D eigenvalue weighted by atomic mass is 35.5. The zero-order valence-corrected chi connectivity index (χ0v) is 14.1. The van der Waals surface area contributed by atoms with Crippen LogP contribution in [0.4, 0.5) is 16.3 Å². The van der Waals surface area contributed by atoms with Gasteiger partial charge in [-0.3, -0.25) is 10.9 Å². The highest BCUT2D eigenvalue weighted by Crippen LogP contribution is 2.20. The molecule has 6 nitrogen and oxygen atoms in total. The largest absolute Gasteiger partial charge is 0.337 e. The lowest BCUT2D eigenvalue weighted by Crippen LogP contribution is -2.34. The number of rotatable bonds is 3. The standard InChI is InChI=1S/C16H13Cl2N5O/c1-9-6-15(20-12-5-3-2-4-11(9)12)22-23-16(24)19-10-7-13(17)21-14(18)8-10/h2-8H,1H3,(H,20,22)(H2,19,21,23,24). The van der Waals surface area contributed by atoms with E-state index in [2.05, 4.69) is 26.1 Å². The fraction of sp³-hybridized carbons (Fsp3) is 0.0625. The van der Waals surface area contributed by atoms with Gasteiger partial charge in [0.1, 0.15) is 16.1 Å². The Morgan fingerprint density at radius 1 is 1.04 bits per heavy atom. The number of halogens is 2. The van der Waals surface area contributed by atoms with Crippen LogP contribution in [0.2, 0.25) is 10.3 Å². The first kappa shape index (κ1) is 16.3. The molecule has 122 valence electrons. The lowest BCUT2D eigenvalue weighted by Gasteiger charge is -2.11. The van der Waals surface area contributed by atoms with Gasteiger partial charge < -0.3 is 5.32 Å². The minimum absolute atomic E-state index is 0.192. The summed E-state index contributed by atoms with van der Waals surface area (Å²) in [6, 6.07) is 12.1. The maximum absolute atomic E-state index is 11.9. The number of carbonyl (C=O) groups is 1. The van der Waals surface area contributed by atoms with E-state index in [-0.39, 0.29) is 10.3 Å². The first-order chi connectivity index (χ1) is 11.5. The van der Waals surface area contributed by atoms with Gasteiger partial charge in [-0.15, -0.1) is 0 Å². The third kappa shape index (κ3) is 3.84. The van der Waals surface area contributed by atoms with Crippen LogP contribution < -0.4 is 16.2 Å². The minimum atomic E-state index is -0.485. The molecular weight excluding hydrogens is 349 g/mol. The van der Waals surface area contributed by atoms with Crippen LogP contribution in [0.25, 0.3) is 10.9 Å². The third-order valence-corrected chi connectivity index (χ3v) is 3.64. The summed E-state index contributed by atoms with van der Waals surface area (Å²) in [5.41, 5.74) is 7.61. The Labute approximate surface area is 148 Å². The zero-order chi connectivity index (χ0) is 17.1. The molecule has 2 amide bonds. The number of urea groups is 1. The Kier molecular flexibility index (Phi) is 4.69. The normalized spacial score (nSPS) is 10.5. The summed E-state index contributed by atoms with van der Waals surface area (Å²) in [5.74, 6) is 0.534. The fourth-order valence-corrected chi connectivity index (χ4v) is 2.69. The second kappa shape index (κ2) is 6.90. The summed E-state index contributed by atoms with van der Waals surface area (Å²) in [5, 5.41) is 4.04. The molecule has 3 rings (SSSR count). The smallest absolute Gasteiger partial charge is 0.306 e. The van der Waals surface area contributed by atoms with E-state index in [1.165, 1.54) is 12.1 Å². The van der Waals surface area contributed by atoms with Gasteiger partial charge in [0.25, 0.3) is 0 Å². The summed E-state index contributed by atoms with van der Waals surface area (Å²) in [4.78, 5) is 20.2. The number of nitrogens with one attached hydrogen (secondary N) is 3. The van der Waals surface area contributed by atoms with Crippen molar-refractivity contribution in [2.75, 3.05) is 10.7 Å². The van der Waals surface area contributed by atoms with E-state index in [4.69, 9.17) is 23.2 Å². The highest BCUT2D eigenvalue weighted by Gasteiger charge is 2.06. The maximum Gasteiger partial charge on any atom is 0.337 e. The van der Waals surface area contributed by atoms with Gasteiger partial charge in [-0.2, -0.15) is 0 Å². The second-order valence-electron chi connectivity index (χ2n) is 5.05. The van der Waals surface area contributed by atoms with Crippen LogP contribution in [0.3, 0.4) is 0 Å². The van der Waals surface area contributed by atoms with Gasteiger partial charge >= 0.3 is 6.03 Å². The first-order valence-electron chi connectivity index (χ1n) is 7.04. The van der Waals surface area contributed by atoms with Crippen LogP contribution in [0.5, 0.6) is 0 Å². The van der Waals surface area contributed by atoms with Crippen LogP contribution in [0.15, 0.2) is 42.5 Å². The maximum atomic E-state index is 11.9. The van der Waals surface area contributed by atoms with Crippen LogP contribution in [0.1, 0.15) is 5.56 Å². The average molecular weight is 362 g/mol. The van der Waals surface area contributed by atoms with Crippen LogP contribution >= 0.6 is 23.2 Å². The zero-order valence-electron chi connectivity index (χ0n) is 12.6. The number of hydrogen-bond donors (Lipinski definition) is 3. The molecular formula is C16H13Cl2N5O. The number of hydrogen-bond acceptors (Lipinski definition) is 4. The molecule has 0 unspecified atom stereocenters. The number of para-hydroxylation sites is 1. The molecule has 0 aliphatic carbocycles. The molecule has 8 heteroatoms. The lowest BCUT2D eigenvalue weighted by atomic mass is 10.1. The van der Waals surface area contributed by atoms with Gasteiger partial charge in [0.05, 0.1) is 5.52 Å². The number of benzene rings is 1. The van der Waals surface area contributed by atoms with Gasteiger partial charge in [0.15, 0.2) is 0 Å². The summed E-state index contributed by atoms with van der Waals surface area (Å²) < 4.78 is 0. The monoisotopic (exact) mass is 361 g/mol. The Hall–Kier alpha value is -2.57. The molecule has 24 heavy (non-hydrogen) atoms. The van der Waals surface area contributed by atoms with Gasteiger partial charge in [-0.05, 0) is 36.8 Å². The quantitative estimate of drug-likeness (QED) is 0.477. The number of amides is 2. The van der Waals surface area contributed by atoms with E-state index in [0.29, 0.717) is 11.5 Å². The van der Waals surface area contributed by atoms with Gasteiger partial charge in [0.2, 0.25) is 0 Å². The summed E-state index contributed by atoms with van der Waals surface area (Å²) in [7, 11) is 0. The number of fused-ring (bicyclic) bond motifs is 1. The average Bonchev–Trinajstić information content (AvgIpc) is 2.52. The molecule has 2 aromatic heterocycles. The van der Waals surface area contributed by atoms with E-state index < -0.39 is 6.03 Å². The van der Waals surface area contributed by atoms with Crippen molar-refractivity contribution in [1.82, 2.24) is 15.4 Å². The van der Waals surface area contributed by atoms with E-state index in [9.17, 15) is 4.79 Å². The Morgan fingerprint density at radius 2 is 1.75 bits per heavy atom. The number of carbonyl (C=O) groups excluding carboxylic acids is 1. The van der Waals surface area contributed by atoms with E-state index in [1.54, 1.807) is 0 Å². The van der Waals surface area contributed by atoms with Crippen LogP contribution in [0, 0.1) is 6.92 Å². The number of anilines is 2. The van der Waals surface area contributed by atoms with Crippen molar-refractivity contribution < 1.29 is 4.79 Å². The molecule has 0 fully saturated rings. The highest BCUT2D eigenvalue weighted by molar-refractivity contribution is 6.32. The molecule has 0 saturated carbocycles. The summed E-state index contributed by atoms with van der Waals surface area (Å²) >= 11 is 11.6. The summed E-state index contributed by atoms with van der Waals surface area (Å²) in [6.07, 6.45) is 0. The molecule has 0 atom stereocenters. The molecule has 2 heterocycles. The van der Waals surface area contributed by atoms with E-state index in [0.717, 1.165) is 16.5 Å². The number of pyridine rings is 2. The van der Waals surface area contributed by atoms with Crippen molar-refractivity contribution in [3.05, 3.63) is 58.3 Å². The fourth-order valence-electron chi connectivity index (χ4n) is 2.23. The van der Waals surface area contributed by atoms with E-state index in [1.807, 2.05) is 37.3 Å². The molecule has 0 radical (unpaired) electrons. The molecule has 0 saturated heterocycles. The van der Waals surface area contributed by atoms with Crippen LogP contribution in [-0.4, -0.2) is 16.0 Å². The van der Waals surface area contributed by atoms with E-state index >= 15 is 0 Å². The van der Waals surface area contributed by atoms with Gasteiger partial charge in [0, 0.05) is 11.1 Å². The lowest BCUT2D eigenvalue weighted by molar-refractivity contribution is 0.254. The Balaban J connectivity index is 1.68. The number of hydrazine groups is 1. The van der Waals surface area contributed by atoms with Crippen LogP contribution in [-0.2, 0) is 0 Å². The number of nitrogens with zero attached hydrogens (tertiary/aromatic N) is 2. The molecule has 0 spiro atoms. The molecule has 3 N–H and O–H groups in total. The molecule has 1 aromatic carbocycles. The van der Waals surface area contributed by atoms with Crippen molar-refractivity contribution in [3.63, 3.8) is 0 Å². The molecule has 3 aromatic rings. The Morgan fingerprint density at radius 3 is 2.50 bits per heavy atom. The van der Waals surface area contributed by atoms with Crippen molar-refractivity contribution in [2.24, 2.45) is 0 Å². The Bertz CT molecular complexity index is 896. The van der Waals surface area contributed by atoms with Gasteiger partial charge in [-0.1, -0.05) is 41.4 Å². The molecule has 0 bridgehead atoms. The minimum Gasteiger partial charge on any atom is -0.306 e. The molecule has 0 aliphatic heterocycles. The number of aryl methyl sites for hydroxylation is 1. The number of aromatic nitrogens is 2. The summed E-state index contributed by atoms with van der Waals surface area (Å²) in [6.45, 7) is 1.98. The SMILES string of the molecule is Cc1cc(NNC(=O)Nc2cc(Cl)nc(Cl)c2)nc2ccccc12. The first-order valence-corrected chi connectivity index (χ1v) is 7.79. The van der Waals surface area contributed by atoms with Gasteiger partial charge in [-0.25, -0.2) is 14.8 Å². The second-order valence-corrected chi connectivity index (χ2v) is 5.82. The van der Waals surface area contributed by atoms with Crippen molar-refractivity contribution in [1.29, 1.82) is 0 Å². The predicted molar refractivity (Wildman–Crippen MR) is 96.5 cm³/mol.